The predicted octanol–water partition coefficient (Wildman–Crippen LogP) is 2.91. The number of oxazole rings is 1. The Hall–Kier alpha value is -1.85. The van der Waals surface area contributed by atoms with Gasteiger partial charge in [0.05, 0.1) is 17.8 Å². The number of aliphatic hydroxyl groups is 1. The van der Waals surface area contributed by atoms with E-state index in [1.807, 2.05) is 18.2 Å². The first-order valence-corrected chi connectivity index (χ1v) is 8.17. The number of hydrogen-bond donors (Lipinski definition) is 1. The number of hydrogen-bond acceptors (Lipinski definition) is 4. The second kappa shape index (κ2) is 7.15. The molecule has 6 heteroatoms. The summed E-state index contributed by atoms with van der Waals surface area (Å²) in [5, 5.41) is 9.67. The van der Waals surface area contributed by atoms with Gasteiger partial charge in [-0.15, -0.1) is 0 Å². The van der Waals surface area contributed by atoms with E-state index in [4.69, 9.17) is 21.1 Å². The lowest BCUT2D eigenvalue weighted by atomic mass is 10.2. The van der Waals surface area contributed by atoms with Crippen LogP contribution in [-0.4, -0.2) is 40.1 Å². The maximum atomic E-state index is 12.2. The van der Waals surface area contributed by atoms with Crippen molar-refractivity contribution in [1.29, 1.82) is 0 Å². The monoisotopic (exact) mass is 334 g/mol. The van der Waals surface area contributed by atoms with Crippen LogP contribution < -0.4 is 0 Å². The van der Waals surface area contributed by atoms with Gasteiger partial charge in [0.15, 0.2) is 11.7 Å². The number of rotatable bonds is 7. The molecule has 2 aromatic rings. The quantitative estimate of drug-likeness (QED) is 0.845. The van der Waals surface area contributed by atoms with Crippen molar-refractivity contribution in [2.75, 3.05) is 13.2 Å². The second-order valence-electron chi connectivity index (χ2n) is 5.64. The van der Waals surface area contributed by atoms with E-state index < -0.39 is 0 Å². The summed E-state index contributed by atoms with van der Waals surface area (Å²) in [4.78, 5) is 18.2. The number of carbonyl (C=O) groups excluding carboxylic acids is 1. The molecule has 3 rings (SSSR count). The van der Waals surface area contributed by atoms with E-state index in [2.05, 4.69) is 4.98 Å². The standard InChI is InChI=1S/C17H19ClN2O3/c18-14-4-2-1-3-13(14)15-11-19-16(23-15)7-8-17(22)20(9-10-21)12-5-6-12/h1-4,11-12,21H,5-10H2. The number of aromatic nitrogens is 1. The van der Waals surface area contributed by atoms with Gasteiger partial charge in [-0.1, -0.05) is 23.7 Å². The normalized spacial score (nSPS) is 14.0. The molecular formula is C17H19ClN2O3. The lowest BCUT2D eigenvalue weighted by Crippen LogP contribution is -2.35. The van der Waals surface area contributed by atoms with Gasteiger partial charge < -0.3 is 14.4 Å². The molecule has 1 N–H and O–H groups in total. The fraction of sp³-hybridized carbons (Fsp3) is 0.412. The number of halogens is 1. The number of nitrogens with zero attached hydrogens (tertiary/aromatic N) is 2. The molecule has 1 amide bonds. The Labute approximate surface area is 139 Å². The summed E-state index contributed by atoms with van der Waals surface area (Å²) in [7, 11) is 0. The van der Waals surface area contributed by atoms with Crippen LogP contribution in [0, 0.1) is 0 Å². The number of amides is 1. The van der Waals surface area contributed by atoms with Crippen molar-refractivity contribution in [2.24, 2.45) is 0 Å². The van der Waals surface area contributed by atoms with Gasteiger partial charge in [-0.25, -0.2) is 4.98 Å². The zero-order valence-corrected chi connectivity index (χ0v) is 13.5. The second-order valence-corrected chi connectivity index (χ2v) is 6.05. The fourth-order valence-corrected chi connectivity index (χ4v) is 2.80. The average molecular weight is 335 g/mol. The Morgan fingerprint density at radius 2 is 2.17 bits per heavy atom. The third kappa shape index (κ3) is 3.92. The molecule has 1 aromatic carbocycles. The minimum absolute atomic E-state index is 0.00209. The van der Waals surface area contributed by atoms with Crippen LogP contribution in [0.3, 0.4) is 0 Å². The Balaban J connectivity index is 1.61. The first kappa shape index (κ1) is 16.0. The first-order chi connectivity index (χ1) is 11.2. The van der Waals surface area contributed by atoms with Crippen molar-refractivity contribution in [1.82, 2.24) is 9.88 Å². The van der Waals surface area contributed by atoms with Crippen LogP contribution >= 0.6 is 11.6 Å². The van der Waals surface area contributed by atoms with Gasteiger partial charge >= 0.3 is 0 Å². The summed E-state index contributed by atoms with van der Waals surface area (Å²) in [6, 6.07) is 7.71. The third-order valence-electron chi connectivity index (χ3n) is 3.89. The van der Waals surface area contributed by atoms with Crippen LogP contribution in [0.1, 0.15) is 25.2 Å². The van der Waals surface area contributed by atoms with Gasteiger partial charge in [0, 0.05) is 31.0 Å². The van der Waals surface area contributed by atoms with Crippen molar-refractivity contribution < 1.29 is 14.3 Å². The Kier molecular flexibility index (Phi) is 4.98. The molecule has 23 heavy (non-hydrogen) atoms. The SMILES string of the molecule is O=C(CCc1ncc(-c2ccccc2Cl)o1)N(CCO)C1CC1. The maximum absolute atomic E-state index is 12.2. The summed E-state index contributed by atoms with van der Waals surface area (Å²) >= 11 is 6.14. The zero-order chi connectivity index (χ0) is 16.2. The molecule has 0 radical (unpaired) electrons. The van der Waals surface area contributed by atoms with Crippen molar-refractivity contribution in [3.63, 3.8) is 0 Å². The summed E-state index contributed by atoms with van der Waals surface area (Å²) in [6.45, 7) is 0.401. The molecule has 0 unspecified atom stereocenters. The molecule has 0 bridgehead atoms. The Bertz CT molecular complexity index is 682. The molecule has 5 nitrogen and oxygen atoms in total. The largest absolute Gasteiger partial charge is 0.441 e. The molecule has 0 aliphatic heterocycles. The van der Waals surface area contributed by atoms with Crippen LogP contribution in [0.25, 0.3) is 11.3 Å². The molecule has 1 saturated carbocycles. The van der Waals surface area contributed by atoms with Crippen LogP contribution in [0.15, 0.2) is 34.9 Å². The van der Waals surface area contributed by atoms with Crippen molar-refractivity contribution >= 4 is 17.5 Å². The van der Waals surface area contributed by atoms with Gasteiger partial charge in [-0.05, 0) is 25.0 Å². The number of aliphatic hydroxyl groups excluding tert-OH is 1. The number of carbonyl (C=O) groups is 1. The third-order valence-corrected chi connectivity index (χ3v) is 4.22. The summed E-state index contributed by atoms with van der Waals surface area (Å²) in [5.41, 5.74) is 0.791. The fourth-order valence-electron chi connectivity index (χ4n) is 2.57. The minimum Gasteiger partial charge on any atom is -0.441 e. The molecule has 0 saturated heterocycles. The molecule has 122 valence electrons. The van der Waals surface area contributed by atoms with Crippen molar-refractivity contribution in [3.05, 3.63) is 41.4 Å². The Morgan fingerprint density at radius 3 is 2.87 bits per heavy atom. The smallest absolute Gasteiger partial charge is 0.223 e. The number of benzene rings is 1. The van der Waals surface area contributed by atoms with Crippen LogP contribution in [0.2, 0.25) is 5.02 Å². The van der Waals surface area contributed by atoms with Crippen molar-refractivity contribution in [2.45, 2.75) is 31.7 Å². The van der Waals surface area contributed by atoms with Crippen LogP contribution in [0.4, 0.5) is 0 Å². The van der Waals surface area contributed by atoms with Gasteiger partial charge in [-0.2, -0.15) is 0 Å². The molecule has 1 heterocycles. The van der Waals surface area contributed by atoms with E-state index in [9.17, 15) is 4.79 Å². The highest BCUT2D eigenvalue weighted by molar-refractivity contribution is 6.33. The highest BCUT2D eigenvalue weighted by atomic mass is 35.5. The minimum atomic E-state index is -0.00209. The molecule has 1 fully saturated rings. The molecule has 1 aromatic heterocycles. The zero-order valence-electron chi connectivity index (χ0n) is 12.7. The highest BCUT2D eigenvalue weighted by Gasteiger charge is 2.31. The predicted molar refractivity (Wildman–Crippen MR) is 87.1 cm³/mol. The van der Waals surface area contributed by atoms with Gasteiger partial charge in [0.1, 0.15) is 0 Å². The van der Waals surface area contributed by atoms with E-state index in [0.717, 1.165) is 18.4 Å². The Morgan fingerprint density at radius 1 is 1.39 bits per heavy atom. The lowest BCUT2D eigenvalue weighted by Gasteiger charge is -2.20. The molecular weight excluding hydrogens is 316 g/mol. The van der Waals surface area contributed by atoms with Crippen molar-refractivity contribution in [3.8, 4) is 11.3 Å². The van der Waals surface area contributed by atoms with Gasteiger partial charge in [0.2, 0.25) is 5.91 Å². The van der Waals surface area contributed by atoms with E-state index in [-0.39, 0.29) is 12.5 Å². The van der Waals surface area contributed by atoms with E-state index in [1.54, 1.807) is 17.2 Å². The highest BCUT2D eigenvalue weighted by Crippen LogP contribution is 2.29. The lowest BCUT2D eigenvalue weighted by molar-refractivity contribution is -0.132. The van der Waals surface area contributed by atoms with Gasteiger partial charge in [0.25, 0.3) is 0 Å². The topological polar surface area (TPSA) is 66.6 Å². The average Bonchev–Trinajstić information content (AvgIpc) is 3.28. The van der Waals surface area contributed by atoms with Gasteiger partial charge in [-0.3, -0.25) is 4.79 Å². The molecule has 0 spiro atoms. The molecule has 1 aliphatic rings. The molecule has 0 atom stereocenters. The van der Waals surface area contributed by atoms with Crippen LogP contribution in [0.5, 0.6) is 0 Å². The van der Waals surface area contributed by atoms with E-state index in [1.165, 1.54) is 0 Å². The van der Waals surface area contributed by atoms with Crippen LogP contribution in [-0.2, 0) is 11.2 Å². The summed E-state index contributed by atoms with van der Waals surface area (Å²) in [6.07, 6.45) is 4.47. The van der Waals surface area contributed by atoms with E-state index in [0.29, 0.717) is 42.1 Å². The summed E-state index contributed by atoms with van der Waals surface area (Å²) < 4.78 is 5.70. The van der Waals surface area contributed by atoms with E-state index >= 15 is 0 Å². The maximum Gasteiger partial charge on any atom is 0.223 e. The number of aryl methyl sites for hydroxylation is 1. The summed E-state index contributed by atoms with van der Waals surface area (Å²) in [5.74, 6) is 1.17. The first-order valence-electron chi connectivity index (χ1n) is 7.79. The molecule has 1 aliphatic carbocycles.